The molecule has 1 N–H and O–H groups in total. The molecule has 0 saturated carbocycles. The zero-order valence-electron chi connectivity index (χ0n) is 10.6. The third-order valence-electron chi connectivity index (χ3n) is 2.54. The fourth-order valence-corrected chi connectivity index (χ4v) is 2.99. The van der Waals surface area contributed by atoms with Gasteiger partial charge in [-0.25, -0.2) is 8.42 Å². The van der Waals surface area contributed by atoms with Crippen molar-refractivity contribution < 1.29 is 12.8 Å². The standard InChI is InChI=1S/C12H14ClN3O3S/c13-6-1-2-7-20(17,18)16-11-5-3-4-10(8-11)12-15-14-9-19-12/h3-5,8-9,16H,1-2,6-7H2. The minimum atomic E-state index is -3.37. The molecule has 8 heteroatoms. The molecule has 6 nitrogen and oxygen atoms in total. The zero-order valence-corrected chi connectivity index (χ0v) is 12.2. The molecule has 108 valence electrons. The number of nitrogens with zero attached hydrogens (tertiary/aromatic N) is 2. The fraction of sp³-hybridized carbons (Fsp3) is 0.333. The number of anilines is 1. The van der Waals surface area contributed by atoms with Crippen LogP contribution in [0.4, 0.5) is 5.69 Å². The second-order valence-electron chi connectivity index (χ2n) is 4.14. The van der Waals surface area contributed by atoms with Gasteiger partial charge in [0.1, 0.15) is 0 Å². The number of unbranched alkanes of at least 4 members (excludes halogenated alkanes) is 1. The molecule has 0 radical (unpaired) electrons. The smallest absolute Gasteiger partial charge is 0.247 e. The van der Waals surface area contributed by atoms with Crippen molar-refractivity contribution in [1.82, 2.24) is 10.2 Å². The molecule has 2 aromatic rings. The number of halogens is 1. The second kappa shape index (κ2) is 6.71. The van der Waals surface area contributed by atoms with E-state index in [1.54, 1.807) is 24.3 Å². The van der Waals surface area contributed by atoms with E-state index < -0.39 is 10.0 Å². The highest BCUT2D eigenvalue weighted by Crippen LogP contribution is 2.21. The fourth-order valence-electron chi connectivity index (χ4n) is 1.63. The summed E-state index contributed by atoms with van der Waals surface area (Å²) in [5.41, 5.74) is 1.12. The first-order chi connectivity index (χ1) is 9.61. The Morgan fingerprint density at radius 2 is 2.15 bits per heavy atom. The summed E-state index contributed by atoms with van der Waals surface area (Å²) in [7, 11) is -3.37. The van der Waals surface area contributed by atoms with E-state index in [-0.39, 0.29) is 5.75 Å². The first-order valence-corrected chi connectivity index (χ1v) is 8.22. The summed E-state index contributed by atoms with van der Waals surface area (Å²) in [5, 5.41) is 7.36. The van der Waals surface area contributed by atoms with Crippen LogP contribution in [0.5, 0.6) is 0 Å². The highest BCUT2D eigenvalue weighted by atomic mass is 35.5. The Hall–Kier alpha value is -1.60. The normalized spacial score (nSPS) is 11.4. The van der Waals surface area contributed by atoms with Crippen LogP contribution in [0.1, 0.15) is 12.8 Å². The molecule has 0 aliphatic carbocycles. The SMILES string of the molecule is O=S(=O)(CCCCCl)Nc1cccc(-c2nnco2)c1. The van der Waals surface area contributed by atoms with Crippen LogP contribution in [0, 0.1) is 0 Å². The number of aromatic nitrogens is 2. The first-order valence-electron chi connectivity index (χ1n) is 6.04. The van der Waals surface area contributed by atoms with Crippen LogP contribution in [-0.2, 0) is 10.0 Å². The lowest BCUT2D eigenvalue weighted by atomic mass is 10.2. The lowest BCUT2D eigenvalue weighted by Gasteiger charge is -2.08. The van der Waals surface area contributed by atoms with Crippen molar-refractivity contribution in [2.24, 2.45) is 0 Å². The average molecular weight is 316 g/mol. The van der Waals surface area contributed by atoms with E-state index in [1.165, 1.54) is 6.39 Å². The molecule has 20 heavy (non-hydrogen) atoms. The molecule has 0 bridgehead atoms. The Labute approximate surface area is 122 Å². The Balaban J connectivity index is 2.08. The van der Waals surface area contributed by atoms with Gasteiger partial charge in [0, 0.05) is 17.1 Å². The van der Waals surface area contributed by atoms with Gasteiger partial charge in [0.05, 0.1) is 5.75 Å². The lowest BCUT2D eigenvalue weighted by molar-refractivity contribution is 0.568. The van der Waals surface area contributed by atoms with Gasteiger partial charge in [-0.1, -0.05) is 6.07 Å². The van der Waals surface area contributed by atoms with E-state index in [0.29, 0.717) is 35.9 Å². The number of hydrogen-bond donors (Lipinski definition) is 1. The quantitative estimate of drug-likeness (QED) is 0.626. The summed E-state index contributed by atoms with van der Waals surface area (Å²) in [6, 6.07) is 6.79. The Bertz CT molecular complexity index is 644. The van der Waals surface area contributed by atoms with Crippen LogP contribution in [0.15, 0.2) is 35.1 Å². The van der Waals surface area contributed by atoms with Gasteiger partial charge in [0.15, 0.2) is 0 Å². The van der Waals surface area contributed by atoms with E-state index in [4.69, 9.17) is 16.0 Å². The summed E-state index contributed by atoms with van der Waals surface area (Å²) in [6.07, 6.45) is 2.42. The number of alkyl halides is 1. The minimum Gasteiger partial charge on any atom is -0.423 e. The van der Waals surface area contributed by atoms with Crippen LogP contribution < -0.4 is 4.72 Å². The lowest BCUT2D eigenvalue weighted by Crippen LogP contribution is -2.16. The summed E-state index contributed by atoms with van der Waals surface area (Å²) in [5.74, 6) is 0.848. The van der Waals surface area contributed by atoms with Crippen LogP contribution in [-0.4, -0.2) is 30.2 Å². The predicted molar refractivity (Wildman–Crippen MR) is 77.1 cm³/mol. The molecule has 1 aromatic heterocycles. The average Bonchev–Trinajstić information content (AvgIpc) is 2.92. The monoisotopic (exact) mass is 315 g/mol. The molecular weight excluding hydrogens is 302 g/mol. The third kappa shape index (κ3) is 4.21. The summed E-state index contributed by atoms with van der Waals surface area (Å²) in [4.78, 5) is 0. The maximum absolute atomic E-state index is 11.9. The van der Waals surface area contributed by atoms with Gasteiger partial charge < -0.3 is 4.42 Å². The van der Waals surface area contributed by atoms with Gasteiger partial charge in [-0.15, -0.1) is 21.8 Å². The number of rotatable bonds is 7. The van der Waals surface area contributed by atoms with Crippen molar-refractivity contribution in [3.05, 3.63) is 30.7 Å². The molecule has 0 atom stereocenters. The van der Waals surface area contributed by atoms with Gasteiger partial charge in [-0.05, 0) is 31.0 Å². The van der Waals surface area contributed by atoms with E-state index in [9.17, 15) is 8.42 Å². The molecule has 2 rings (SSSR count). The summed E-state index contributed by atoms with van der Waals surface area (Å²) in [6.45, 7) is 0. The van der Waals surface area contributed by atoms with Crippen molar-refractivity contribution >= 4 is 27.3 Å². The van der Waals surface area contributed by atoms with Crippen LogP contribution >= 0.6 is 11.6 Å². The van der Waals surface area contributed by atoms with E-state index in [1.807, 2.05) is 0 Å². The third-order valence-corrected chi connectivity index (χ3v) is 4.18. The van der Waals surface area contributed by atoms with Crippen molar-refractivity contribution in [2.75, 3.05) is 16.4 Å². The van der Waals surface area contributed by atoms with Gasteiger partial charge >= 0.3 is 0 Å². The van der Waals surface area contributed by atoms with E-state index in [2.05, 4.69) is 14.9 Å². The molecule has 1 heterocycles. The molecule has 0 amide bonds. The maximum atomic E-state index is 11.9. The van der Waals surface area contributed by atoms with Gasteiger partial charge in [0.25, 0.3) is 0 Å². The molecule has 0 fully saturated rings. The summed E-state index contributed by atoms with van der Waals surface area (Å²) >= 11 is 5.53. The molecule has 0 spiro atoms. The summed E-state index contributed by atoms with van der Waals surface area (Å²) < 4.78 is 31.3. The molecule has 0 saturated heterocycles. The van der Waals surface area contributed by atoms with Crippen molar-refractivity contribution in [3.63, 3.8) is 0 Å². The van der Waals surface area contributed by atoms with Crippen LogP contribution in [0.3, 0.4) is 0 Å². The molecule has 0 aliphatic heterocycles. The zero-order chi connectivity index (χ0) is 14.4. The van der Waals surface area contributed by atoms with Gasteiger partial charge in [-0.2, -0.15) is 0 Å². The van der Waals surface area contributed by atoms with E-state index in [0.717, 1.165) is 0 Å². The molecular formula is C12H14ClN3O3S. The first kappa shape index (κ1) is 14.8. The molecule has 0 aliphatic rings. The molecule has 1 aromatic carbocycles. The van der Waals surface area contributed by atoms with Crippen molar-refractivity contribution in [2.45, 2.75) is 12.8 Å². The van der Waals surface area contributed by atoms with Crippen LogP contribution in [0.25, 0.3) is 11.5 Å². The highest BCUT2D eigenvalue weighted by molar-refractivity contribution is 7.92. The topological polar surface area (TPSA) is 85.1 Å². The van der Waals surface area contributed by atoms with Gasteiger partial charge in [0.2, 0.25) is 22.3 Å². The number of sulfonamides is 1. The Morgan fingerprint density at radius 1 is 1.30 bits per heavy atom. The number of benzene rings is 1. The highest BCUT2D eigenvalue weighted by Gasteiger charge is 2.11. The van der Waals surface area contributed by atoms with E-state index >= 15 is 0 Å². The van der Waals surface area contributed by atoms with Crippen LogP contribution in [0.2, 0.25) is 0 Å². The van der Waals surface area contributed by atoms with Gasteiger partial charge in [-0.3, -0.25) is 4.72 Å². The van der Waals surface area contributed by atoms with Crippen molar-refractivity contribution in [1.29, 1.82) is 0 Å². The Kier molecular flexibility index (Phi) is 4.97. The number of nitrogens with one attached hydrogen (secondary N) is 1. The maximum Gasteiger partial charge on any atom is 0.247 e. The number of hydrogen-bond acceptors (Lipinski definition) is 5. The molecule has 0 unspecified atom stereocenters. The largest absolute Gasteiger partial charge is 0.423 e. The second-order valence-corrected chi connectivity index (χ2v) is 6.36. The Morgan fingerprint density at radius 3 is 2.85 bits per heavy atom. The predicted octanol–water partition coefficient (Wildman–Crippen LogP) is 2.50. The minimum absolute atomic E-state index is 0.0461. The van der Waals surface area contributed by atoms with Crippen molar-refractivity contribution in [3.8, 4) is 11.5 Å².